The molecule has 1 aromatic carbocycles. The van der Waals surface area contributed by atoms with E-state index in [-0.39, 0.29) is 11.7 Å². The number of hydrogen-bond acceptors (Lipinski definition) is 6. The number of aromatic hydroxyl groups is 1. The van der Waals surface area contributed by atoms with E-state index in [1.807, 2.05) is 6.07 Å². The van der Waals surface area contributed by atoms with Crippen molar-refractivity contribution < 1.29 is 14.6 Å². The SMILES string of the molecule is COc1cc(/C=C2\SC(=Nc3cccnc3)N(C)C2=O)ccc1O. The molecule has 2 heterocycles. The number of phenolic OH excluding ortho intramolecular Hbond substituents is 1. The van der Waals surface area contributed by atoms with Crippen LogP contribution in [0.25, 0.3) is 6.08 Å². The molecule has 3 rings (SSSR count). The molecule has 0 atom stereocenters. The maximum absolute atomic E-state index is 12.4. The van der Waals surface area contributed by atoms with Crippen molar-refractivity contribution >= 4 is 34.6 Å². The van der Waals surface area contributed by atoms with Gasteiger partial charge < -0.3 is 9.84 Å². The lowest BCUT2D eigenvalue weighted by Crippen LogP contribution is -2.23. The average molecular weight is 341 g/mol. The van der Waals surface area contributed by atoms with Gasteiger partial charge in [-0.2, -0.15) is 0 Å². The zero-order valence-electron chi connectivity index (χ0n) is 13.1. The van der Waals surface area contributed by atoms with E-state index in [0.717, 1.165) is 5.56 Å². The second-order valence-electron chi connectivity index (χ2n) is 5.01. The normalized spacial score (nSPS) is 17.8. The van der Waals surface area contributed by atoms with Gasteiger partial charge in [0.05, 0.1) is 23.9 Å². The first-order chi connectivity index (χ1) is 11.6. The number of benzene rings is 1. The molecule has 1 amide bonds. The monoisotopic (exact) mass is 341 g/mol. The number of phenols is 1. The molecule has 1 aromatic heterocycles. The predicted molar refractivity (Wildman–Crippen MR) is 94.3 cm³/mol. The highest BCUT2D eigenvalue weighted by atomic mass is 32.2. The molecule has 1 aliphatic heterocycles. The fourth-order valence-electron chi connectivity index (χ4n) is 2.12. The number of nitrogens with zero attached hydrogens (tertiary/aromatic N) is 3. The molecule has 2 aromatic rings. The van der Waals surface area contributed by atoms with Gasteiger partial charge in [0.1, 0.15) is 0 Å². The van der Waals surface area contributed by atoms with Gasteiger partial charge >= 0.3 is 0 Å². The van der Waals surface area contributed by atoms with Crippen molar-refractivity contribution in [3.05, 3.63) is 53.2 Å². The van der Waals surface area contributed by atoms with Crippen LogP contribution in [-0.2, 0) is 4.79 Å². The van der Waals surface area contributed by atoms with Crippen LogP contribution in [0, 0.1) is 0 Å². The number of pyridine rings is 1. The molecule has 1 saturated heterocycles. The molecule has 0 bridgehead atoms. The molecule has 1 aliphatic rings. The summed E-state index contributed by atoms with van der Waals surface area (Å²) in [5, 5.41) is 10.2. The molecule has 6 nitrogen and oxygen atoms in total. The number of aromatic nitrogens is 1. The van der Waals surface area contributed by atoms with Crippen molar-refractivity contribution in [3.63, 3.8) is 0 Å². The number of thioether (sulfide) groups is 1. The van der Waals surface area contributed by atoms with Gasteiger partial charge in [-0.25, -0.2) is 4.99 Å². The Morgan fingerprint density at radius 2 is 2.21 bits per heavy atom. The highest BCUT2D eigenvalue weighted by Crippen LogP contribution is 2.34. The van der Waals surface area contributed by atoms with Gasteiger partial charge in [0.2, 0.25) is 0 Å². The maximum Gasteiger partial charge on any atom is 0.266 e. The highest BCUT2D eigenvalue weighted by Gasteiger charge is 2.30. The molecule has 1 fully saturated rings. The minimum atomic E-state index is -0.130. The summed E-state index contributed by atoms with van der Waals surface area (Å²) in [6.07, 6.45) is 5.06. The number of rotatable bonds is 3. The number of carbonyl (C=O) groups is 1. The summed E-state index contributed by atoms with van der Waals surface area (Å²) in [5.41, 5.74) is 1.45. The Hall–Kier alpha value is -2.80. The minimum absolute atomic E-state index is 0.0565. The molecule has 0 radical (unpaired) electrons. The van der Waals surface area contributed by atoms with E-state index in [1.165, 1.54) is 29.8 Å². The molecule has 7 heteroatoms. The van der Waals surface area contributed by atoms with Crippen molar-refractivity contribution in [1.29, 1.82) is 0 Å². The summed E-state index contributed by atoms with van der Waals surface area (Å²) >= 11 is 1.29. The molecule has 0 saturated carbocycles. The second-order valence-corrected chi connectivity index (χ2v) is 6.02. The summed E-state index contributed by atoms with van der Waals surface area (Å²) < 4.78 is 5.09. The molecule has 0 spiro atoms. The molecule has 0 aliphatic carbocycles. The van der Waals surface area contributed by atoms with Gasteiger partial charge in [-0.3, -0.25) is 14.7 Å². The number of likely N-dealkylation sites (N-methyl/N-ethyl adjacent to an activating group) is 1. The maximum atomic E-state index is 12.4. The zero-order valence-corrected chi connectivity index (χ0v) is 13.9. The van der Waals surface area contributed by atoms with E-state index in [4.69, 9.17) is 4.74 Å². The third-order valence-corrected chi connectivity index (χ3v) is 4.44. The van der Waals surface area contributed by atoms with Crippen LogP contribution in [0.3, 0.4) is 0 Å². The smallest absolute Gasteiger partial charge is 0.266 e. The fraction of sp³-hybridized carbons (Fsp3) is 0.118. The summed E-state index contributed by atoms with van der Waals surface area (Å²) in [5.74, 6) is 0.285. The summed E-state index contributed by atoms with van der Waals surface area (Å²) in [6.45, 7) is 0. The van der Waals surface area contributed by atoms with E-state index in [0.29, 0.717) is 21.5 Å². The van der Waals surface area contributed by atoms with Crippen LogP contribution in [0.15, 0.2) is 52.6 Å². The first kappa shape index (κ1) is 16.1. The van der Waals surface area contributed by atoms with Gasteiger partial charge in [-0.05, 0) is 47.7 Å². The number of methoxy groups -OCH3 is 1. The van der Waals surface area contributed by atoms with E-state index in [9.17, 15) is 9.90 Å². The zero-order chi connectivity index (χ0) is 17.1. The molecular weight excluding hydrogens is 326 g/mol. The van der Waals surface area contributed by atoms with Gasteiger partial charge in [0.25, 0.3) is 5.91 Å². The van der Waals surface area contributed by atoms with Crippen molar-refractivity contribution in [3.8, 4) is 11.5 Å². The van der Waals surface area contributed by atoms with E-state index in [1.54, 1.807) is 43.7 Å². The van der Waals surface area contributed by atoms with Crippen molar-refractivity contribution in [2.45, 2.75) is 0 Å². The Balaban J connectivity index is 1.90. The number of hydrogen-bond donors (Lipinski definition) is 1. The Kier molecular flexibility index (Phi) is 4.52. The number of ether oxygens (including phenoxy) is 1. The van der Waals surface area contributed by atoms with Crippen LogP contribution >= 0.6 is 11.8 Å². The lowest BCUT2D eigenvalue weighted by molar-refractivity contribution is -0.121. The molecule has 24 heavy (non-hydrogen) atoms. The third kappa shape index (κ3) is 3.26. The second kappa shape index (κ2) is 6.76. The quantitative estimate of drug-likeness (QED) is 0.869. The first-order valence-electron chi connectivity index (χ1n) is 7.12. The Bertz CT molecular complexity index is 834. The summed E-state index contributed by atoms with van der Waals surface area (Å²) in [6, 6.07) is 8.54. The van der Waals surface area contributed by atoms with Gasteiger partial charge in [-0.15, -0.1) is 0 Å². The predicted octanol–water partition coefficient (Wildman–Crippen LogP) is 3.03. The van der Waals surface area contributed by atoms with Crippen molar-refractivity contribution in [2.24, 2.45) is 4.99 Å². The van der Waals surface area contributed by atoms with Crippen LogP contribution in [0.4, 0.5) is 5.69 Å². The number of amidine groups is 1. The van der Waals surface area contributed by atoms with Crippen LogP contribution < -0.4 is 4.74 Å². The molecule has 1 N–H and O–H groups in total. The van der Waals surface area contributed by atoms with Gasteiger partial charge in [0, 0.05) is 13.2 Å². The first-order valence-corrected chi connectivity index (χ1v) is 7.93. The average Bonchev–Trinajstić information content (AvgIpc) is 2.85. The lowest BCUT2D eigenvalue weighted by atomic mass is 10.2. The van der Waals surface area contributed by atoms with Crippen LogP contribution in [0.5, 0.6) is 11.5 Å². The van der Waals surface area contributed by atoms with Crippen LogP contribution in [0.2, 0.25) is 0 Å². The Morgan fingerprint density at radius 1 is 1.38 bits per heavy atom. The van der Waals surface area contributed by atoms with Crippen molar-refractivity contribution in [1.82, 2.24) is 9.88 Å². The van der Waals surface area contributed by atoms with Crippen LogP contribution in [-0.4, -0.2) is 40.2 Å². The standard InChI is InChI=1S/C17H15N3O3S/c1-20-16(22)15(9-11-5-6-13(21)14(8-11)23-2)24-17(20)19-12-4-3-7-18-10-12/h3-10,21H,1-2H3/b15-9-,19-17?. The minimum Gasteiger partial charge on any atom is -0.504 e. The Morgan fingerprint density at radius 3 is 2.92 bits per heavy atom. The largest absolute Gasteiger partial charge is 0.504 e. The van der Waals surface area contributed by atoms with Gasteiger partial charge in [0.15, 0.2) is 16.7 Å². The molecule has 0 unspecified atom stereocenters. The number of amides is 1. The molecular formula is C17H15N3O3S. The van der Waals surface area contributed by atoms with Gasteiger partial charge in [-0.1, -0.05) is 6.07 Å². The van der Waals surface area contributed by atoms with Crippen LogP contribution in [0.1, 0.15) is 5.56 Å². The third-order valence-electron chi connectivity index (χ3n) is 3.38. The highest BCUT2D eigenvalue weighted by molar-refractivity contribution is 8.18. The van der Waals surface area contributed by atoms with E-state index in [2.05, 4.69) is 9.98 Å². The van der Waals surface area contributed by atoms with E-state index >= 15 is 0 Å². The number of carbonyl (C=O) groups excluding carboxylic acids is 1. The summed E-state index contributed by atoms with van der Waals surface area (Å²) in [4.78, 5) is 22.9. The topological polar surface area (TPSA) is 75.0 Å². The number of aliphatic imine (C=N–C) groups is 1. The molecule has 122 valence electrons. The van der Waals surface area contributed by atoms with Crippen molar-refractivity contribution in [2.75, 3.05) is 14.2 Å². The fourth-order valence-corrected chi connectivity index (χ4v) is 3.10. The summed E-state index contributed by atoms with van der Waals surface area (Å²) in [7, 11) is 3.16. The Labute approximate surface area is 143 Å². The lowest BCUT2D eigenvalue weighted by Gasteiger charge is -2.06. The van der Waals surface area contributed by atoms with E-state index < -0.39 is 0 Å².